The Bertz CT molecular complexity index is 456. The summed E-state index contributed by atoms with van der Waals surface area (Å²) >= 11 is 5.74. The van der Waals surface area contributed by atoms with Gasteiger partial charge in [0.25, 0.3) is 0 Å². The Morgan fingerprint density at radius 1 is 1.12 bits per heavy atom. The molecule has 1 aromatic heterocycles. The average molecular weight is 237 g/mol. The molecule has 0 saturated heterocycles. The Labute approximate surface area is 97.5 Å². The number of halogens is 1. The van der Waals surface area contributed by atoms with Gasteiger partial charge in [-0.3, -0.25) is 0 Å². The first kappa shape index (κ1) is 10.9. The van der Waals surface area contributed by atoms with Crippen LogP contribution in [-0.2, 0) is 6.61 Å². The van der Waals surface area contributed by atoms with Gasteiger partial charge in [-0.1, -0.05) is 11.6 Å². The van der Waals surface area contributed by atoms with E-state index in [-0.39, 0.29) is 12.6 Å². The molecule has 0 saturated carbocycles. The van der Waals surface area contributed by atoms with E-state index >= 15 is 0 Å². The number of hydrogen-bond acceptors (Lipinski definition) is 4. The van der Waals surface area contributed by atoms with Crippen LogP contribution in [0.1, 0.15) is 5.56 Å². The summed E-state index contributed by atoms with van der Waals surface area (Å²) in [6.07, 6.45) is 3.02. The minimum Gasteiger partial charge on any atom is -0.424 e. The van der Waals surface area contributed by atoms with Crippen LogP contribution in [0.15, 0.2) is 36.7 Å². The molecule has 2 rings (SSSR count). The molecular weight excluding hydrogens is 228 g/mol. The molecule has 0 unspecified atom stereocenters. The summed E-state index contributed by atoms with van der Waals surface area (Å²) in [6.45, 7) is -0.0821. The molecule has 0 spiro atoms. The van der Waals surface area contributed by atoms with Crippen LogP contribution >= 0.6 is 11.6 Å². The number of hydrogen-bond donors (Lipinski definition) is 1. The van der Waals surface area contributed by atoms with E-state index < -0.39 is 0 Å². The quantitative estimate of drug-likeness (QED) is 0.889. The predicted molar refractivity (Wildman–Crippen MR) is 59.5 cm³/mol. The van der Waals surface area contributed by atoms with Gasteiger partial charge in [-0.15, -0.1) is 0 Å². The summed E-state index contributed by atoms with van der Waals surface area (Å²) in [5.74, 6) is 0.612. The molecule has 82 valence electrons. The monoisotopic (exact) mass is 236 g/mol. The number of aliphatic hydroxyl groups is 1. The van der Waals surface area contributed by atoms with Crippen molar-refractivity contribution in [3.8, 4) is 11.8 Å². The smallest absolute Gasteiger partial charge is 0.321 e. The first-order chi connectivity index (χ1) is 7.78. The third kappa shape index (κ3) is 2.68. The fourth-order valence-corrected chi connectivity index (χ4v) is 1.21. The van der Waals surface area contributed by atoms with Crippen molar-refractivity contribution < 1.29 is 9.84 Å². The fourth-order valence-electron chi connectivity index (χ4n) is 1.09. The van der Waals surface area contributed by atoms with Crippen molar-refractivity contribution in [2.75, 3.05) is 0 Å². The van der Waals surface area contributed by atoms with Gasteiger partial charge >= 0.3 is 6.01 Å². The zero-order valence-electron chi connectivity index (χ0n) is 8.30. The molecule has 0 aliphatic heterocycles. The lowest BCUT2D eigenvalue weighted by Crippen LogP contribution is -1.93. The molecule has 1 heterocycles. The molecule has 0 fully saturated rings. The summed E-state index contributed by atoms with van der Waals surface area (Å²) in [4.78, 5) is 7.88. The van der Waals surface area contributed by atoms with Crippen molar-refractivity contribution in [1.29, 1.82) is 0 Å². The van der Waals surface area contributed by atoms with Crippen LogP contribution in [0.2, 0.25) is 5.02 Å². The van der Waals surface area contributed by atoms with E-state index in [0.717, 1.165) is 0 Å². The summed E-state index contributed by atoms with van der Waals surface area (Å²) in [6, 6.07) is 7.13. The maximum Gasteiger partial charge on any atom is 0.321 e. The third-order valence-corrected chi connectivity index (χ3v) is 2.14. The molecule has 1 N–H and O–H groups in total. The van der Waals surface area contributed by atoms with Crippen molar-refractivity contribution >= 4 is 11.6 Å². The SMILES string of the molecule is OCc1cnc(Oc2ccc(Cl)cc2)nc1. The number of aromatic nitrogens is 2. The normalized spacial score (nSPS) is 10.1. The molecule has 0 amide bonds. The summed E-state index contributed by atoms with van der Waals surface area (Å²) in [5, 5.41) is 9.46. The number of ether oxygens (including phenoxy) is 1. The van der Waals surface area contributed by atoms with Crippen LogP contribution < -0.4 is 4.74 Å². The van der Waals surface area contributed by atoms with Crippen LogP contribution in [0.25, 0.3) is 0 Å². The highest BCUT2D eigenvalue weighted by Gasteiger charge is 2.00. The van der Waals surface area contributed by atoms with Crippen LogP contribution in [0.3, 0.4) is 0 Å². The predicted octanol–water partition coefficient (Wildman–Crippen LogP) is 2.41. The minimum atomic E-state index is -0.0821. The second-order valence-corrected chi connectivity index (χ2v) is 3.52. The van der Waals surface area contributed by atoms with Gasteiger partial charge in [0.1, 0.15) is 5.75 Å². The van der Waals surface area contributed by atoms with E-state index in [1.165, 1.54) is 12.4 Å². The number of aliphatic hydroxyl groups excluding tert-OH is 1. The van der Waals surface area contributed by atoms with Crippen molar-refractivity contribution in [3.05, 3.63) is 47.2 Å². The first-order valence-corrected chi connectivity index (χ1v) is 5.01. The zero-order valence-corrected chi connectivity index (χ0v) is 9.05. The van der Waals surface area contributed by atoms with Crippen LogP contribution in [-0.4, -0.2) is 15.1 Å². The molecule has 0 aliphatic rings. The van der Waals surface area contributed by atoms with Crippen LogP contribution in [0, 0.1) is 0 Å². The third-order valence-electron chi connectivity index (χ3n) is 1.89. The molecule has 0 atom stereocenters. The van der Waals surface area contributed by atoms with Gasteiger partial charge in [0.15, 0.2) is 0 Å². The summed E-state index contributed by atoms with van der Waals surface area (Å²) < 4.78 is 5.37. The molecule has 0 aliphatic carbocycles. The van der Waals surface area contributed by atoms with E-state index in [9.17, 15) is 0 Å². The molecule has 16 heavy (non-hydrogen) atoms. The standard InChI is InChI=1S/C11H9ClN2O2/c12-9-1-3-10(4-2-9)16-11-13-5-8(7-15)6-14-11/h1-6,15H,7H2. The van der Waals surface area contributed by atoms with Crippen molar-refractivity contribution in [2.24, 2.45) is 0 Å². The van der Waals surface area contributed by atoms with Gasteiger partial charge in [-0.05, 0) is 24.3 Å². The van der Waals surface area contributed by atoms with Gasteiger partial charge in [0.2, 0.25) is 0 Å². The maximum absolute atomic E-state index is 8.81. The number of benzene rings is 1. The highest BCUT2D eigenvalue weighted by molar-refractivity contribution is 6.30. The Morgan fingerprint density at radius 3 is 2.31 bits per heavy atom. The van der Waals surface area contributed by atoms with Gasteiger partial charge in [-0.25, -0.2) is 9.97 Å². The van der Waals surface area contributed by atoms with Gasteiger partial charge in [0.05, 0.1) is 6.61 Å². The summed E-state index contributed by atoms with van der Waals surface area (Å²) in [5.41, 5.74) is 0.642. The second kappa shape index (κ2) is 4.92. The highest BCUT2D eigenvalue weighted by atomic mass is 35.5. The first-order valence-electron chi connectivity index (χ1n) is 4.63. The highest BCUT2D eigenvalue weighted by Crippen LogP contribution is 2.19. The second-order valence-electron chi connectivity index (χ2n) is 3.09. The fraction of sp³-hybridized carbons (Fsp3) is 0.0909. The van der Waals surface area contributed by atoms with Crippen molar-refractivity contribution in [3.63, 3.8) is 0 Å². The van der Waals surface area contributed by atoms with E-state index in [0.29, 0.717) is 16.3 Å². The van der Waals surface area contributed by atoms with Crippen molar-refractivity contribution in [1.82, 2.24) is 9.97 Å². The molecule has 2 aromatic rings. The van der Waals surface area contributed by atoms with E-state index in [1.54, 1.807) is 24.3 Å². The van der Waals surface area contributed by atoms with Crippen LogP contribution in [0.5, 0.6) is 11.8 Å². The van der Waals surface area contributed by atoms with E-state index in [1.807, 2.05) is 0 Å². The largest absolute Gasteiger partial charge is 0.424 e. The Morgan fingerprint density at radius 2 is 1.75 bits per heavy atom. The lowest BCUT2D eigenvalue weighted by molar-refractivity contribution is 0.280. The van der Waals surface area contributed by atoms with Crippen molar-refractivity contribution in [2.45, 2.75) is 6.61 Å². The minimum absolute atomic E-state index is 0.0821. The molecular formula is C11H9ClN2O2. The van der Waals surface area contributed by atoms with E-state index in [4.69, 9.17) is 21.4 Å². The molecule has 5 heteroatoms. The van der Waals surface area contributed by atoms with Crippen LogP contribution in [0.4, 0.5) is 0 Å². The number of rotatable bonds is 3. The Balaban J connectivity index is 2.11. The molecule has 4 nitrogen and oxygen atoms in total. The topological polar surface area (TPSA) is 55.2 Å². The van der Waals surface area contributed by atoms with Gasteiger partial charge in [-0.2, -0.15) is 0 Å². The lowest BCUT2D eigenvalue weighted by Gasteiger charge is -2.03. The average Bonchev–Trinajstić information content (AvgIpc) is 2.33. The Kier molecular flexibility index (Phi) is 3.34. The molecule has 1 aromatic carbocycles. The molecule has 0 bridgehead atoms. The molecule has 0 radical (unpaired) electrons. The summed E-state index contributed by atoms with van der Waals surface area (Å²) in [7, 11) is 0. The Hall–Kier alpha value is -1.65. The zero-order chi connectivity index (χ0) is 11.4. The maximum atomic E-state index is 8.81. The number of nitrogens with zero attached hydrogens (tertiary/aromatic N) is 2. The van der Waals surface area contributed by atoms with Gasteiger partial charge < -0.3 is 9.84 Å². The lowest BCUT2D eigenvalue weighted by atomic mass is 10.3. The van der Waals surface area contributed by atoms with Gasteiger partial charge in [0, 0.05) is 23.0 Å². The van der Waals surface area contributed by atoms with E-state index in [2.05, 4.69) is 9.97 Å².